The molecule has 5 nitrogen and oxygen atoms in total. The molecular formula is C40H38BN3O2. The third-order valence-corrected chi connectivity index (χ3v) is 9.42. The van der Waals surface area contributed by atoms with Crippen LogP contribution < -0.4 is 5.46 Å². The van der Waals surface area contributed by atoms with Crippen LogP contribution >= 0.6 is 0 Å². The standard InChI is InChI=1S/C40H38BN3O2/c1-39(2)40(3,4)46-41(45-39)35-26-24-34(25-27-35)38-43-36(32-20-16-30(17-21-32)28-12-8-6-9-13-28)42-37(44(38)5)33-22-18-31(19-23-33)29-14-10-7-11-15-29/h6-27,38H,1-5H3. The van der Waals surface area contributed by atoms with Crippen LogP contribution in [0.1, 0.15) is 50.6 Å². The van der Waals surface area contributed by atoms with Crippen molar-refractivity contribution in [1.82, 2.24) is 4.90 Å². The largest absolute Gasteiger partial charge is 0.494 e. The number of aliphatic imine (C=N–C) groups is 2. The van der Waals surface area contributed by atoms with Crippen molar-refractivity contribution in [3.8, 4) is 22.3 Å². The van der Waals surface area contributed by atoms with Crippen LogP contribution in [-0.2, 0) is 9.31 Å². The lowest BCUT2D eigenvalue weighted by atomic mass is 9.78. The zero-order valence-electron chi connectivity index (χ0n) is 27.0. The highest BCUT2D eigenvalue weighted by Crippen LogP contribution is 2.37. The number of rotatable bonds is 6. The van der Waals surface area contributed by atoms with Crippen molar-refractivity contribution in [1.29, 1.82) is 0 Å². The monoisotopic (exact) mass is 603 g/mol. The Morgan fingerprint density at radius 2 is 0.978 bits per heavy atom. The second-order valence-corrected chi connectivity index (χ2v) is 13.0. The Morgan fingerprint density at radius 1 is 0.543 bits per heavy atom. The summed E-state index contributed by atoms with van der Waals surface area (Å²) in [5.74, 6) is 1.58. The Balaban J connectivity index is 1.23. The van der Waals surface area contributed by atoms with Gasteiger partial charge in [-0.1, -0.05) is 133 Å². The Hall–Kier alpha value is -4.78. The maximum atomic E-state index is 6.31. The molecule has 0 spiro atoms. The van der Waals surface area contributed by atoms with Crippen LogP contribution in [0.25, 0.3) is 22.3 Å². The summed E-state index contributed by atoms with van der Waals surface area (Å²) in [7, 11) is 1.65. The van der Waals surface area contributed by atoms with Crippen LogP contribution in [0.3, 0.4) is 0 Å². The van der Waals surface area contributed by atoms with Gasteiger partial charge in [0.05, 0.1) is 11.2 Å². The van der Waals surface area contributed by atoms with Gasteiger partial charge in [0.1, 0.15) is 12.0 Å². The van der Waals surface area contributed by atoms with Crippen LogP contribution in [-0.4, -0.2) is 41.9 Å². The maximum absolute atomic E-state index is 6.31. The Labute approximate surface area is 272 Å². The van der Waals surface area contributed by atoms with Gasteiger partial charge in [0, 0.05) is 18.2 Å². The van der Waals surface area contributed by atoms with E-state index in [1.54, 1.807) is 0 Å². The molecule has 0 amide bonds. The first-order valence-electron chi connectivity index (χ1n) is 15.9. The molecule has 0 N–H and O–H groups in total. The minimum atomic E-state index is -0.412. The second kappa shape index (κ2) is 11.9. The van der Waals surface area contributed by atoms with Crippen LogP contribution in [0.4, 0.5) is 0 Å². The summed E-state index contributed by atoms with van der Waals surface area (Å²) in [6.07, 6.45) is -0.266. The van der Waals surface area contributed by atoms with Crippen molar-refractivity contribution in [3.63, 3.8) is 0 Å². The lowest BCUT2D eigenvalue weighted by Gasteiger charge is -2.32. The van der Waals surface area contributed by atoms with Crippen molar-refractivity contribution in [2.45, 2.75) is 45.1 Å². The number of benzene rings is 5. The fraction of sp³-hybridized carbons (Fsp3) is 0.200. The molecule has 7 rings (SSSR count). The van der Waals surface area contributed by atoms with E-state index < -0.39 is 18.3 Å². The van der Waals surface area contributed by atoms with E-state index in [1.807, 2.05) is 12.1 Å². The molecule has 1 unspecified atom stereocenters. The highest BCUT2D eigenvalue weighted by molar-refractivity contribution is 6.62. The van der Waals surface area contributed by atoms with Gasteiger partial charge in [0.15, 0.2) is 5.84 Å². The average molecular weight is 604 g/mol. The van der Waals surface area contributed by atoms with Crippen molar-refractivity contribution >= 4 is 24.3 Å². The fourth-order valence-corrected chi connectivity index (χ4v) is 5.92. The van der Waals surface area contributed by atoms with Crippen LogP contribution in [0, 0.1) is 0 Å². The highest BCUT2D eigenvalue weighted by Gasteiger charge is 2.51. The SMILES string of the molecule is CN1C(c2ccc(-c3ccccc3)cc2)=NC(c2ccc(-c3ccccc3)cc2)=NC1c1ccc(B2OC(C)(C)C(C)(C)O2)cc1. The van der Waals surface area contributed by atoms with Crippen molar-refractivity contribution in [3.05, 3.63) is 150 Å². The molecule has 1 atom stereocenters. The fourth-order valence-electron chi connectivity index (χ4n) is 5.92. The number of nitrogens with zero attached hydrogens (tertiary/aromatic N) is 3. The molecule has 2 aliphatic rings. The number of hydrogen-bond donors (Lipinski definition) is 0. The van der Waals surface area contributed by atoms with Crippen LogP contribution in [0.15, 0.2) is 143 Å². The minimum absolute atomic E-state index is 0.266. The third-order valence-electron chi connectivity index (χ3n) is 9.42. The first-order chi connectivity index (χ1) is 22.2. The summed E-state index contributed by atoms with van der Waals surface area (Å²) in [5, 5.41) is 0. The highest BCUT2D eigenvalue weighted by atomic mass is 16.7. The van der Waals surface area contributed by atoms with Crippen molar-refractivity contribution in [2.24, 2.45) is 9.98 Å². The molecule has 46 heavy (non-hydrogen) atoms. The number of amidine groups is 2. The van der Waals surface area contributed by atoms with Crippen molar-refractivity contribution < 1.29 is 9.31 Å². The van der Waals surface area contributed by atoms with Gasteiger partial charge in [-0.25, -0.2) is 9.98 Å². The summed E-state index contributed by atoms with van der Waals surface area (Å²) in [6, 6.07) is 46.4. The lowest BCUT2D eigenvalue weighted by Crippen LogP contribution is -2.41. The molecular weight excluding hydrogens is 565 g/mol. The molecule has 0 saturated carbocycles. The quantitative estimate of drug-likeness (QED) is 0.184. The molecule has 5 aromatic rings. The van der Waals surface area contributed by atoms with Crippen molar-refractivity contribution in [2.75, 3.05) is 7.05 Å². The van der Waals surface area contributed by atoms with Gasteiger partial charge < -0.3 is 14.2 Å². The molecule has 0 bridgehead atoms. The van der Waals surface area contributed by atoms with E-state index >= 15 is 0 Å². The Bertz CT molecular complexity index is 1870. The third kappa shape index (κ3) is 5.71. The summed E-state index contributed by atoms with van der Waals surface area (Å²) in [6.45, 7) is 8.31. The average Bonchev–Trinajstić information content (AvgIpc) is 3.32. The van der Waals surface area contributed by atoms with Gasteiger partial charge in [-0.2, -0.15) is 0 Å². The minimum Gasteiger partial charge on any atom is -0.399 e. The van der Waals surface area contributed by atoms with E-state index in [-0.39, 0.29) is 6.17 Å². The normalized spacial score (nSPS) is 18.7. The predicted octanol–water partition coefficient (Wildman–Crippen LogP) is 8.16. The Kier molecular flexibility index (Phi) is 7.71. The van der Waals surface area contributed by atoms with Gasteiger partial charge in [0.2, 0.25) is 0 Å². The molecule has 0 radical (unpaired) electrons. The second-order valence-electron chi connectivity index (χ2n) is 13.0. The smallest absolute Gasteiger partial charge is 0.399 e. The van der Waals surface area contributed by atoms with Crippen LogP contribution in [0.2, 0.25) is 0 Å². The maximum Gasteiger partial charge on any atom is 0.494 e. The molecule has 0 aliphatic carbocycles. The summed E-state index contributed by atoms with van der Waals surface area (Å²) in [5.41, 5.74) is 7.99. The van der Waals surface area contributed by atoms with E-state index in [1.165, 1.54) is 16.7 Å². The van der Waals surface area contributed by atoms with Gasteiger partial charge in [-0.3, -0.25) is 0 Å². The topological polar surface area (TPSA) is 46.4 Å². The first kappa shape index (κ1) is 29.9. The summed E-state index contributed by atoms with van der Waals surface area (Å²) in [4.78, 5) is 12.5. The summed E-state index contributed by atoms with van der Waals surface area (Å²) < 4.78 is 12.6. The lowest BCUT2D eigenvalue weighted by molar-refractivity contribution is 0.00578. The van der Waals surface area contributed by atoms with E-state index in [9.17, 15) is 0 Å². The zero-order valence-corrected chi connectivity index (χ0v) is 27.0. The zero-order chi connectivity index (χ0) is 31.9. The van der Waals surface area contributed by atoms with E-state index in [2.05, 4.69) is 161 Å². The molecule has 2 aliphatic heterocycles. The van der Waals surface area contributed by atoms with Gasteiger partial charge in [-0.15, -0.1) is 0 Å². The molecule has 2 heterocycles. The predicted molar refractivity (Wildman–Crippen MR) is 189 cm³/mol. The molecule has 1 fully saturated rings. The molecule has 1 saturated heterocycles. The summed E-state index contributed by atoms with van der Waals surface area (Å²) >= 11 is 0. The van der Waals surface area contributed by atoms with E-state index in [0.29, 0.717) is 5.84 Å². The van der Waals surface area contributed by atoms with Gasteiger partial charge in [0.25, 0.3) is 0 Å². The Morgan fingerprint density at radius 3 is 1.48 bits per heavy atom. The van der Waals surface area contributed by atoms with Crippen LogP contribution in [0.5, 0.6) is 0 Å². The van der Waals surface area contributed by atoms with E-state index in [0.717, 1.165) is 33.6 Å². The number of hydrogen-bond acceptors (Lipinski definition) is 5. The molecule has 228 valence electrons. The first-order valence-corrected chi connectivity index (χ1v) is 15.9. The van der Waals surface area contributed by atoms with E-state index in [4.69, 9.17) is 19.3 Å². The van der Waals surface area contributed by atoms with Gasteiger partial charge in [-0.05, 0) is 61.0 Å². The molecule has 5 aromatic carbocycles. The van der Waals surface area contributed by atoms with Gasteiger partial charge >= 0.3 is 7.12 Å². The molecule has 0 aromatic heterocycles. The molecule has 6 heteroatoms.